The fraction of sp³-hybridized carbons (Fsp3) is 0. The molecule has 1 amide bonds. The van der Waals surface area contributed by atoms with Crippen LogP contribution in [0.2, 0.25) is 5.02 Å². The molecule has 0 aliphatic heterocycles. The van der Waals surface area contributed by atoms with Crippen LogP contribution in [-0.4, -0.2) is 20.9 Å². The summed E-state index contributed by atoms with van der Waals surface area (Å²) in [7, 11) is 0. The summed E-state index contributed by atoms with van der Waals surface area (Å²) in [6.07, 6.45) is 1.26. The molecule has 2 N–H and O–H groups in total. The number of hydrogen-bond acceptors (Lipinski definition) is 5. The van der Waals surface area contributed by atoms with Gasteiger partial charge in [-0.25, -0.2) is 9.97 Å². The molecule has 0 bridgehead atoms. The molecule has 6 nitrogen and oxygen atoms in total. The van der Waals surface area contributed by atoms with E-state index >= 15 is 0 Å². The number of amides is 1. The van der Waals surface area contributed by atoms with Crippen molar-refractivity contribution in [1.29, 1.82) is 0 Å². The highest BCUT2D eigenvalue weighted by atomic mass is 35.5. The van der Waals surface area contributed by atoms with E-state index in [-0.39, 0.29) is 5.56 Å². The van der Waals surface area contributed by atoms with E-state index in [2.05, 4.69) is 32.4 Å². The number of anilines is 1. The molecule has 0 saturated carbocycles. The number of H-pyrrole nitrogens is 1. The molecule has 3 aromatic carbocycles. The maximum absolute atomic E-state index is 12.6. The molecule has 2 aromatic heterocycles. The normalized spacial score (nSPS) is 10.9. The number of carbonyl (C=O) groups is 1. The predicted octanol–water partition coefficient (Wildman–Crippen LogP) is 5.62. The van der Waals surface area contributed by atoms with Gasteiger partial charge in [-0.2, -0.15) is 0 Å². The Hall–Kier alpha value is -3.81. The largest absolute Gasteiger partial charge is 0.306 e. The van der Waals surface area contributed by atoms with E-state index in [1.54, 1.807) is 24.3 Å². The number of nitrogens with zero attached hydrogens (tertiary/aromatic N) is 2. The molecule has 0 spiro atoms. The lowest BCUT2D eigenvalue weighted by molar-refractivity contribution is 0.102. The number of aromatic nitrogens is 3. The number of fused-ring (bicyclic) bond motifs is 1. The summed E-state index contributed by atoms with van der Waals surface area (Å²) in [5, 5.41) is 7.80. The Morgan fingerprint density at radius 3 is 2.50 bits per heavy atom. The predicted molar refractivity (Wildman–Crippen MR) is 128 cm³/mol. The number of halogens is 1. The van der Waals surface area contributed by atoms with E-state index in [0.29, 0.717) is 21.5 Å². The molecule has 0 unspecified atom stereocenters. The fourth-order valence-electron chi connectivity index (χ4n) is 3.29. The number of rotatable bonds is 4. The minimum absolute atomic E-state index is 0.0924. The first kappa shape index (κ1) is 20.1. The number of carbonyl (C=O) groups excluding carboxylic acids is 1. The van der Waals surface area contributed by atoms with Gasteiger partial charge in [-0.05, 0) is 41.1 Å². The molecule has 0 radical (unpaired) electrons. The van der Waals surface area contributed by atoms with E-state index in [1.807, 2.05) is 35.7 Å². The molecule has 156 valence electrons. The first-order valence-electron chi connectivity index (χ1n) is 9.68. The van der Waals surface area contributed by atoms with Crippen molar-refractivity contribution in [3.8, 4) is 22.6 Å². The van der Waals surface area contributed by atoms with Crippen molar-refractivity contribution >= 4 is 44.7 Å². The first-order valence-corrected chi connectivity index (χ1v) is 10.9. The molecular formula is C24H15ClN4O2S. The first-order chi connectivity index (χ1) is 15.6. The summed E-state index contributed by atoms with van der Waals surface area (Å²) in [5.74, 6) is -0.211. The Kier molecular flexibility index (Phi) is 5.26. The van der Waals surface area contributed by atoms with Crippen molar-refractivity contribution in [2.75, 3.05) is 5.32 Å². The molecule has 0 aliphatic rings. The number of nitrogens with one attached hydrogen (secondary N) is 2. The second-order valence-electron chi connectivity index (χ2n) is 7.04. The van der Waals surface area contributed by atoms with Crippen LogP contribution in [0.1, 0.15) is 10.4 Å². The van der Waals surface area contributed by atoms with Gasteiger partial charge in [-0.3, -0.25) is 14.9 Å². The molecule has 32 heavy (non-hydrogen) atoms. The maximum Gasteiger partial charge on any atom is 0.264 e. The molecule has 0 saturated heterocycles. The summed E-state index contributed by atoms with van der Waals surface area (Å²) in [4.78, 5) is 36.4. The van der Waals surface area contributed by atoms with Gasteiger partial charge >= 0.3 is 0 Å². The minimum Gasteiger partial charge on any atom is -0.306 e. The van der Waals surface area contributed by atoms with Gasteiger partial charge in [0, 0.05) is 27.7 Å². The van der Waals surface area contributed by atoms with Gasteiger partial charge in [0.25, 0.3) is 11.5 Å². The Balaban J connectivity index is 1.35. The van der Waals surface area contributed by atoms with Crippen molar-refractivity contribution in [2.45, 2.75) is 0 Å². The molecule has 8 heteroatoms. The Morgan fingerprint density at radius 1 is 0.969 bits per heavy atom. The molecule has 0 fully saturated rings. The summed E-state index contributed by atoms with van der Waals surface area (Å²) in [6.45, 7) is 0. The van der Waals surface area contributed by atoms with Crippen LogP contribution in [0.4, 0.5) is 5.13 Å². The summed E-state index contributed by atoms with van der Waals surface area (Å²) in [6, 6.07) is 21.0. The van der Waals surface area contributed by atoms with Crippen LogP contribution in [0.5, 0.6) is 0 Å². The van der Waals surface area contributed by atoms with Crippen LogP contribution in [0.3, 0.4) is 0 Å². The molecule has 2 heterocycles. The molecule has 5 rings (SSSR count). The van der Waals surface area contributed by atoms with Gasteiger partial charge in [-0.1, -0.05) is 48.0 Å². The second kappa shape index (κ2) is 8.37. The number of thiazole rings is 1. The maximum atomic E-state index is 12.6. The van der Waals surface area contributed by atoms with Gasteiger partial charge in [0.1, 0.15) is 11.4 Å². The molecular weight excluding hydrogens is 444 g/mol. The minimum atomic E-state index is -0.569. The zero-order chi connectivity index (χ0) is 22.1. The lowest BCUT2D eigenvalue weighted by Crippen LogP contribution is -2.24. The second-order valence-corrected chi connectivity index (χ2v) is 8.33. The number of aromatic amines is 1. The van der Waals surface area contributed by atoms with Crippen LogP contribution >= 0.6 is 22.9 Å². The van der Waals surface area contributed by atoms with Crippen molar-refractivity contribution in [3.05, 3.63) is 99.2 Å². The summed E-state index contributed by atoms with van der Waals surface area (Å²) in [5.41, 5.74) is 1.77. The Bertz CT molecular complexity index is 1510. The third kappa shape index (κ3) is 4.03. The monoisotopic (exact) mass is 458 g/mol. The van der Waals surface area contributed by atoms with E-state index in [0.717, 1.165) is 22.0 Å². The van der Waals surface area contributed by atoms with Crippen LogP contribution in [0.15, 0.2) is 83.1 Å². The molecule has 5 aromatic rings. The topological polar surface area (TPSA) is 87.7 Å². The molecule has 0 aliphatic carbocycles. The van der Waals surface area contributed by atoms with Crippen LogP contribution < -0.4 is 10.9 Å². The molecule has 0 atom stereocenters. The third-order valence-electron chi connectivity index (χ3n) is 4.93. The van der Waals surface area contributed by atoms with Crippen molar-refractivity contribution in [2.24, 2.45) is 0 Å². The highest BCUT2D eigenvalue weighted by molar-refractivity contribution is 7.14. The smallest absolute Gasteiger partial charge is 0.264 e. The number of hydrogen-bond donors (Lipinski definition) is 2. The average Bonchev–Trinajstić information content (AvgIpc) is 3.27. The van der Waals surface area contributed by atoms with Gasteiger partial charge < -0.3 is 4.98 Å². The zero-order valence-electron chi connectivity index (χ0n) is 16.5. The van der Waals surface area contributed by atoms with E-state index in [9.17, 15) is 9.59 Å². The number of benzene rings is 3. The zero-order valence-corrected chi connectivity index (χ0v) is 18.1. The fourth-order valence-corrected chi connectivity index (χ4v) is 4.13. The highest BCUT2D eigenvalue weighted by Gasteiger charge is 2.15. The highest BCUT2D eigenvalue weighted by Crippen LogP contribution is 2.28. The van der Waals surface area contributed by atoms with Crippen LogP contribution in [0.25, 0.3) is 33.4 Å². The van der Waals surface area contributed by atoms with E-state index in [1.165, 1.54) is 17.5 Å². The van der Waals surface area contributed by atoms with E-state index < -0.39 is 11.5 Å². The van der Waals surface area contributed by atoms with Crippen LogP contribution in [-0.2, 0) is 0 Å². The lowest BCUT2D eigenvalue weighted by Gasteiger charge is -2.04. The van der Waals surface area contributed by atoms with Crippen molar-refractivity contribution < 1.29 is 4.79 Å². The van der Waals surface area contributed by atoms with E-state index in [4.69, 9.17) is 11.6 Å². The van der Waals surface area contributed by atoms with Crippen LogP contribution in [0, 0.1) is 0 Å². The Labute approximate surface area is 191 Å². The average molecular weight is 459 g/mol. The van der Waals surface area contributed by atoms with Crippen molar-refractivity contribution in [1.82, 2.24) is 15.0 Å². The summed E-state index contributed by atoms with van der Waals surface area (Å²) < 4.78 is 0. The Morgan fingerprint density at radius 2 is 1.72 bits per heavy atom. The SMILES string of the molecule is O=C(Nc1nc(-c2ccc3ccccc3c2)cs1)c1cnc(-c2ccc(Cl)cc2)[nH]c1=O. The quantitative estimate of drug-likeness (QED) is 0.366. The van der Waals surface area contributed by atoms with Gasteiger partial charge in [-0.15, -0.1) is 11.3 Å². The summed E-state index contributed by atoms with van der Waals surface area (Å²) >= 11 is 7.18. The van der Waals surface area contributed by atoms with Crippen molar-refractivity contribution in [3.63, 3.8) is 0 Å². The van der Waals surface area contributed by atoms with Gasteiger partial charge in [0.2, 0.25) is 0 Å². The lowest BCUT2D eigenvalue weighted by atomic mass is 10.1. The van der Waals surface area contributed by atoms with Gasteiger partial charge in [0.05, 0.1) is 5.69 Å². The third-order valence-corrected chi connectivity index (χ3v) is 5.94. The van der Waals surface area contributed by atoms with Gasteiger partial charge in [0.15, 0.2) is 5.13 Å². The standard InChI is InChI=1S/C24H15ClN4O2S/c25-18-9-7-15(8-10-18)21-26-12-19(22(30)28-21)23(31)29-24-27-20(13-32-24)17-6-5-14-3-1-2-4-16(14)11-17/h1-13H,(H,26,28,30)(H,27,29,31).